The lowest BCUT2D eigenvalue weighted by Gasteiger charge is -2.08. The molecule has 0 bridgehead atoms. The van der Waals surface area contributed by atoms with Crippen molar-refractivity contribution in [2.45, 2.75) is 0 Å². The topological polar surface area (TPSA) is 33.9 Å². The van der Waals surface area contributed by atoms with Crippen LogP contribution < -0.4 is 0 Å². The molecule has 3 aromatic heterocycles. The Morgan fingerprint density at radius 1 is 0.487 bits per heavy atom. The predicted octanol–water partition coefficient (Wildman–Crippen LogP) is 9.98. The Bertz CT molecular complexity index is 2390. The molecule has 3 heterocycles. The molecule has 6 aromatic carbocycles. The Labute approximate surface area is 223 Å². The molecule has 0 aliphatic heterocycles. The van der Waals surface area contributed by atoms with E-state index >= 15 is 0 Å². The number of hydrogen-bond acceptors (Lipinski definition) is 1. The van der Waals surface area contributed by atoms with Crippen LogP contribution in [0.2, 0.25) is 0 Å². The summed E-state index contributed by atoms with van der Waals surface area (Å²) in [7, 11) is 0. The van der Waals surface area contributed by atoms with E-state index in [-0.39, 0.29) is 0 Å². The Balaban J connectivity index is 1.30. The van der Waals surface area contributed by atoms with Gasteiger partial charge in [0.2, 0.25) is 0 Å². The van der Waals surface area contributed by atoms with Gasteiger partial charge in [-0.25, -0.2) is 0 Å². The van der Waals surface area contributed by atoms with Crippen molar-refractivity contribution in [3.63, 3.8) is 0 Å². The highest BCUT2D eigenvalue weighted by atomic mass is 16.3. The summed E-state index contributed by atoms with van der Waals surface area (Å²) in [5.41, 5.74) is 10.1. The summed E-state index contributed by atoms with van der Waals surface area (Å²) in [4.78, 5) is 3.61. The number of H-pyrrole nitrogens is 1. The maximum atomic E-state index is 6.41. The number of rotatable bonds is 2. The van der Waals surface area contributed by atoms with Crippen LogP contribution in [0, 0.1) is 0 Å². The molecule has 0 saturated heterocycles. The zero-order valence-electron chi connectivity index (χ0n) is 21.0. The first-order valence-electron chi connectivity index (χ1n) is 13.3. The predicted molar refractivity (Wildman–Crippen MR) is 163 cm³/mol. The van der Waals surface area contributed by atoms with Gasteiger partial charge in [0.05, 0.1) is 21.9 Å². The highest BCUT2D eigenvalue weighted by Gasteiger charge is 2.16. The average molecular weight is 499 g/mol. The third-order valence-electron chi connectivity index (χ3n) is 8.13. The van der Waals surface area contributed by atoms with E-state index in [1.165, 1.54) is 44.0 Å². The van der Waals surface area contributed by atoms with Gasteiger partial charge in [-0.15, -0.1) is 0 Å². The molecule has 0 spiro atoms. The normalized spacial score (nSPS) is 12.1. The molecule has 182 valence electrons. The Morgan fingerprint density at radius 2 is 1.18 bits per heavy atom. The average Bonchev–Trinajstić information content (AvgIpc) is 3.66. The smallest absolute Gasteiger partial charge is 0.145 e. The molecule has 0 unspecified atom stereocenters. The van der Waals surface area contributed by atoms with Gasteiger partial charge in [-0.05, 0) is 71.8 Å². The SMILES string of the molecule is c1ccc(-n2c3ccccc3c3cc(-c4ccc5[nH]c6ccc7c8ccccc8oc7c6c5c4)ccc32)cc1. The fourth-order valence-electron chi connectivity index (χ4n) is 6.35. The standard InChI is InChI=1S/C36H22N2O/c1-2-8-24(9-3-1)38-32-12-6-4-10-25(32)28-20-23(15-19-33(28)38)22-14-17-30-29(21-22)35-31(37-30)18-16-27-26-11-5-7-13-34(26)39-36(27)35/h1-21,37H. The number of para-hydroxylation sites is 3. The molecule has 1 N–H and O–H groups in total. The number of benzene rings is 6. The van der Waals surface area contributed by atoms with E-state index in [0.717, 1.165) is 38.4 Å². The maximum Gasteiger partial charge on any atom is 0.145 e. The molecule has 9 aromatic rings. The summed E-state index contributed by atoms with van der Waals surface area (Å²) in [5, 5.41) is 7.14. The molecule has 0 saturated carbocycles. The quantitative estimate of drug-likeness (QED) is 0.253. The highest BCUT2D eigenvalue weighted by Crippen LogP contribution is 2.40. The second-order valence-corrected chi connectivity index (χ2v) is 10.3. The van der Waals surface area contributed by atoms with E-state index in [9.17, 15) is 0 Å². The monoisotopic (exact) mass is 498 g/mol. The molecule has 0 aliphatic rings. The molecular weight excluding hydrogens is 476 g/mol. The molecule has 0 fully saturated rings. The highest BCUT2D eigenvalue weighted by molar-refractivity contribution is 6.23. The van der Waals surface area contributed by atoms with E-state index in [2.05, 4.69) is 125 Å². The van der Waals surface area contributed by atoms with Crippen LogP contribution >= 0.6 is 0 Å². The lowest BCUT2D eigenvalue weighted by molar-refractivity contribution is 0.673. The number of furan rings is 1. The first-order valence-corrected chi connectivity index (χ1v) is 13.3. The van der Waals surface area contributed by atoms with Crippen LogP contribution in [0.25, 0.3) is 82.4 Å². The second-order valence-electron chi connectivity index (χ2n) is 10.3. The summed E-state index contributed by atoms with van der Waals surface area (Å²) in [6.07, 6.45) is 0. The van der Waals surface area contributed by atoms with Crippen molar-refractivity contribution in [1.29, 1.82) is 0 Å². The van der Waals surface area contributed by atoms with Crippen molar-refractivity contribution < 1.29 is 4.42 Å². The maximum absolute atomic E-state index is 6.41. The van der Waals surface area contributed by atoms with Gasteiger partial charge in [0.1, 0.15) is 11.2 Å². The molecule has 9 rings (SSSR count). The van der Waals surface area contributed by atoms with E-state index in [1.807, 2.05) is 12.1 Å². The molecule has 0 aliphatic carbocycles. The van der Waals surface area contributed by atoms with E-state index < -0.39 is 0 Å². The molecular formula is C36H22N2O. The van der Waals surface area contributed by atoms with Crippen molar-refractivity contribution in [3.8, 4) is 16.8 Å². The third-order valence-corrected chi connectivity index (χ3v) is 8.13. The fourth-order valence-corrected chi connectivity index (χ4v) is 6.35. The van der Waals surface area contributed by atoms with E-state index in [1.54, 1.807) is 0 Å². The summed E-state index contributed by atoms with van der Waals surface area (Å²) < 4.78 is 8.76. The van der Waals surface area contributed by atoms with Gasteiger partial charge in [0.25, 0.3) is 0 Å². The minimum absolute atomic E-state index is 0.922. The van der Waals surface area contributed by atoms with Crippen molar-refractivity contribution in [2.24, 2.45) is 0 Å². The molecule has 39 heavy (non-hydrogen) atoms. The van der Waals surface area contributed by atoms with Crippen LogP contribution in [-0.4, -0.2) is 9.55 Å². The Kier molecular flexibility index (Phi) is 4.05. The van der Waals surface area contributed by atoms with Crippen LogP contribution in [0.5, 0.6) is 0 Å². The van der Waals surface area contributed by atoms with Gasteiger partial charge >= 0.3 is 0 Å². The number of fused-ring (bicyclic) bond motifs is 10. The van der Waals surface area contributed by atoms with Crippen LogP contribution in [0.1, 0.15) is 0 Å². The van der Waals surface area contributed by atoms with Gasteiger partial charge in [-0.2, -0.15) is 0 Å². The van der Waals surface area contributed by atoms with E-state index in [0.29, 0.717) is 0 Å². The van der Waals surface area contributed by atoms with Crippen LogP contribution in [-0.2, 0) is 0 Å². The van der Waals surface area contributed by atoms with E-state index in [4.69, 9.17) is 4.42 Å². The zero-order chi connectivity index (χ0) is 25.5. The molecule has 0 radical (unpaired) electrons. The van der Waals surface area contributed by atoms with Crippen molar-refractivity contribution in [3.05, 3.63) is 127 Å². The van der Waals surface area contributed by atoms with Crippen LogP contribution in [0.15, 0.2) is 132 Å². The molecule has 3 heteroatoms. The minimum atomic E-state index is 0.922. The minimum Gasteiger partial charge on any atom is -0.455 e. The van der Waals surface area contributed by atoms with Gasteiger partial charge in [-0.3, -0.25) is 0 Å². The molecule has 0 amide bonds. The van der Waals surface area contributed by atoms with Gasteiger partial charge in [0.15, 0.2) is 0 Å². The first kappa shape index (κ1) is 20.7. The van der Waals surface area contributed by atoms with Gasteiger partial charge < -0.3 is 14.0 Å². The number of nitrogens with zero attached hydrogens (tertiary/aromatic N) is 1. The van der Waals surface area contributed by atoms with Gasteiger partial charge in [0, 0.05) is 38.1 Å². The Morgan fingerprint density at radius 3 is 2.08 bits per heavy atom. The van der Waals surface area contributed by atoms with Crippen molar-refractivity contribution in [2.75, 3.05) is 0 Å². The largest absolute Gasteiger partial charge is 0.455 e. The second kappa shape index (κ2) is 7.62. The number of aromatic nitrogens is 2. The first-order chi connectivity index (χ1) is 19.3. The van der Waals surface area contributed by atoms with Crippen LogP contribution in [0.3, 0.4) is 0 Å². The number of aromatic amines is 1. The Hall–Kier alpha value is -5.28. The van der Waals surface area contributed by atoms with Crippen molar-refractivity contribution >= 4 is 65.6 Å². The number of nitrogens with one attached hydrogen (secondary N) is 1. The summed E-state index contributed by atoms with van der Waals surface area (Å²) in [6, 6.07) is 45.4. The number of hydrogen-bond donors (Lipinski definition) is 1. The lowest BCUT2D eigenvalue weighted by atomic mass is 10.00. The zero-order valence-corrected chi connectivity index (χ0v) is 21.0. The summed E-state index contributed by atoms with van der Waals surface area (Å²) in [5.74, 6) is 0. The van der Waals surface area contributed by atoms with Crippen molar-refractivity contribution in [1.82, 2.24) is 9.55 Å². The summed E-state index contributed by atoms with van der Waals surface area (Å²) >= 11 is 0. The summed E-state index contributed by atoms with van der Waals surface area (Å²) in [6.45, 7) is 0. The molecule has 3 nitrogen and oxygen atoms in total. The third kappa shape index (κ3) is 2.87. The fraction of sp³-hybridized carbons (Fsp3) is 0. The van der Waals surface area contributed by atoms with Crippen LogP contribution in [0.4, 0.5) is 0 Å². The molecule has 0 atom stereocenters. The van der Waals surface area contributed by atoms with Gasteiger partial charge in [-0.1, -0.05) is 66.7 Å². The lowest BCUT2D eigenvalue weighted by Crippen LogP contribution is -1.92.